The van der Waals surface area contributed by atoms with Gasteiger partial charge in [-0.25, -0.2) is 14.8 Å². The molecule has 0 aliphatic heterocycles. The normalized spacial score (nSPS) is 11.8. The molecule has 0 radical (unpaired) electrons. The number of carboxylic acid groups (broad SMARTS) is 1. The van der Waals surface area contributed by atoms with E-state index < -0.39 is 17.9 Å². The monoisotopic (exact) mass is 299 g/mol. The van der Waals surface area contributed by atoms with Gasteiger partial charge in [0.25, 0.3) is 5.91 Å². The van der Waals surface area contributed by atoms with Crippen LogP contribution in [0.1, 0.15) is 38.8 Å². The number of aromatic nitrogens is 2. The molecule has 0 bridgehead atoms. The summed E-state index contributed by atoms with van der Waals surface area (Å²) in [6, 6.07) is 4.32. The summed E-state index contributed by atoms with van der Waals surface area (Å²) in [6.45, 7) is 5.43. The van der Waals surface area contributed by atoms with E-state index in [0.717, 1.165) is 11.1 Å². The molecule has 1 amide bonds. The summed E-state index contributed by atoms with van der Waals surface area (Å²) in [5, 5.41) is 12.0. The first kappa shape index (κ1) is 15.6. The van der Waals surface area contributed by atoms with Crippen molar-refractivity contribution in [1.82, 2.24) is 15.3 Å². The zero-order valence-corrected chi connectivity index (χ0v) is 12.6. The van der Waals surface area contributed by atoms with Gasteiger partial charge in [0.2, 0.25) is 0 Å². The molecule has 22 heavy (non-hydrogen) atoms. The largest absolute Gasteiger partial charge is 0.479 e. The van der Waals surface area contributed by atoms with Crippen LogP contribution in [0.3, 0.4) is 0 Å². The van der Waals surface area contributed by atoms with Crippen molar-refractivity contribution < 1.29 is 14.7 Å². The molecule has 2 rings (SSSR count). The van der Waals surface area contributed by atoms with Crippen molar-refractivity contribution in [1.29, 1.82) is 0 Å². The number of amides is 1. The third kappa shape index (κ3) is 3.46. The van der Waals surface area contributed by atoms with Crippen molar-refractivity contribution in [3.8, 4) is 0 Å². The Labute approximate surface area is 128 Å². The Morgan fingerprint density at radius 2 is 1.77 bits per heavy atom. The summed E-state index contributed by atoms with van der Waals surface area (Å²) >= 11 is 0. The molecule has 2 aromatic rings. The lowest BCUT2D eigenvalue weighted by Gasteiger charge is -2.16. The molecule has 1 aromatic carbocycles. The highest BCUT2D eigenvalue weighted by atomic mass is 16.4. The zero-order chi connectivity index (χ0) is 16.3. The first-order valence-corrected chi connectivity index (χ1v) is 6.77. The van der Waals surface area contributed by atoms with E-state index in [1.807, 2.05) is 19.9 Å². The summed E-state index contributed by atoms with van der Waals surface area (Å²) in [4.78, 5) is 31.5. The van der Waals surface area contributed by atoms with E-state index in [0.29, 0.717) is 11.3 Å². The van der Waals surface area contributed by atoms with E-state index in [1.54, 1.807) is 19.1 Å². The number of carbonyl (C=O) groups is 2. The number of nitrogens with one attached hydrogen (secondary N) is 1. The van der Waals surface area contributed by atoms with Crippen LogP contribution in [0.4, 0.5) is 0 Å². The van der Waals surface area contributed by atoms with Gasteiger partial charge in [-0.15, -0.1) is 0 Å². The van der Waals surface area contributed by atoms with Crippen LogP contribution in [0, 0.1) is 20.8 Å². The van der Waals surface area contributed by atoms with Crippen LogP contribution in [0.2, 0.25) is 0 Å². The molecule has 0 aliphatic carbocycles. The third-order valence-electron chi connectivity index (χ3n) is 3.26. The van der Waals surface area contributed by atoms with Crippen molar-refractivity contribution in [3.63, 3.8) is 0 Å². The van der Waals surface area contributed by atoms with Crippen molar-refractivity contribution in [2.75, 3.05) is 0 Å². The molecule has 2 N–H and O–H groups in total. The molecular formula is C16H17N3O3. The molecule has 0 aliphatic rings. The van der Waals surface area contributed by atoms with Gasteiger partial charge < -0.3 is 10.4 Å². The first-order chi connectivity index (χ1) is 10.4. The van der Waals surface area contributed by atoms with Gasteiger partial charge in [0.1, 0.15) is 6.33 Å². The van der Waals surface area contributed by atoms with E-state index in [-0.39, 0.29) is 5.56 Å². The molecular weight excluding hydrogens is 282 g/mol. The molecule has 0 saturated carbocycles. The van der Waals surface area contributed by atoms with Gasteiger partial charge in [-0.1, -0.05) is 29.3 Å². The number of aryl methyl sites for hydroxylation is 3. The summed E-state index contributed by atoms with van der Waals surface area (Å²) < 4.78 is 0. The SMILES string of the molecule is Cc1cc(C)cc(C(NC(=O)c2cncnc2C)C(=O)O)c1. The van der Waals surface area contributed by atoms with Gasteiger partial charge in [-0.05, 0) is 26.3 Å². The molecule has 0 spiro atoms. The smallest absolute Gasteiger partial charge is 0.330 e. The Bertz CT molecular complexity index is 708. The number of rotatable bonds is 4. The number of carboxylic acids is 1. The minimum atomic E-state index is -1.12. The Kier molecular flexibility index (Phi) is 4.50. The minimum Gasteiger partial charge on any atom is -0.479 e. The lowest BCUT2D eigenvalue weighted by atomic mass is 10.0. The van der Waals surface area contributed by atoms with Crippen molar-refractivity contribution >= 4 is 11.9 Å². The minimum absolute atomic E-state index is 0.262. The fourth-order valence-corrected chi connectivity index (χ4v) is 2.29. The Balaban J connectivity index is 2.32. The highest BCUT2D eigenvalue weighted by molar-refractivity contribution is 5.97. The maximum absolute atomic E-state index is 12.3. The van der Waals surface area contributed by atoms with E-state index in [4.69, 9.17) is 0 Å². The number of aliphatic carboxylic acids is 1. The molecule has 1 heterocycles. The van der Waals surface area contributed by atoms with E-state index in [9.17, 15) is 14.7 Å². The van der Waals surface area contributed by atoms with Crippen LogP contribution in [-0.2, 0) is 4.79 Å². The van der Waals surface area contributed by atoms with Crippen LogP contribution in [0.25, 0.3) is 0 Å². The molecule has 1 unspecified atom stereocenters. The fourth-order valence-electron chi connectivity index (χ4n) is 2.29. The molecule has 6 heteroatoms. The molecule has 1 aromatic heterocycles. The lowest BCUT2D eigenvalue weighted by Crippen LogP contribution is -2.34. The maximum atomic E-state index is 12.3. The second kappa shape index (κ2) is 6.34. The second-order valence-corrected chi connectivity index (χ2v) is 5.19. The lowest BCUT2D eigenvalue weighted by molar-refractivity contribution is -0.139. The average molecular weight is 299 g/mol. The predicted octanol–water partition coefficient (Wildman–Crippen LogP) is 1.96. The Morgan fingerprint density at radius 1 is 1.14 bits per heavy atom. The van der Waals surface area contributed by atoms with Crippen molar-refractivity contribution in [2.45, 2.75) is 26.8 Å². The third-order valence-corrected chi connectivity index (χ3v) is 3.26. The van der Waals surface area contributed by atoms with Gasteiger partial charge >= 0.3 is 5.97 Å². The zero-order valence-electron chi connectivity index (χ0n) is 12.6. The van der Waals surface area contributed by atoms with Crippen LogP contribution >= 0.6 is 0 Å². The second-order valence-electron chi connectivity index (χ2n) is 5.19. The maximum Gasteiger partial charge on any atom is 0.330 e. The summed E-state index contributed by atoms with van der Waals surface area (Å²) in [5.74, 6) is -1.63. The highest BCUT2D eigenvalue weighted by Gasteiger charge is 2.24. The fraction of sp³-hybridized carbons (Fsp3) is 0.250. The Morgan fingerprint density at radius 3 is 2.32 bits per heavy atom. The Hall–Kier alpha value is -2.76. The van der Waals surface area contributed by atoms with E-state index in [1.165, 1.54) is 12.5 Å². The summed E-state index contributed by atoms with van der Waals surface area (Å²) in [7, 11) is 0. The van der Waals surface area contributed by atoms with Crippen molar-refractivity contribution in [3.05, 3.63) is 58.7 Å². The van der Waals surface area contributed by atoms with Gasteiger partial charge in [-0.3, -0.25) is 4.79 Å². The highest BCUT2D eigenvalue weighted by Crippen LogP contribution is 2.18. The molecule has 6 nitrogen and oxygen atoms in total. The van der Waals surface area contributed by atoms with Gasteiger partial charge in [0.15, 0.2) is 6.04 Å². The van der Waals surface area contributed by atoms with Crippen LogP contribution < -0.4 is 5.32 Å². The number of nitrogens with zero attached hydrogens (tertiary/aromatic N) is 2. The first-order valence-electron chi connectivity index (χ1n) is 6.77. The molecule has 114 valence electrons. The van der Waals surface area contributed by atoms with Gasteiger partial charge in [-0.2, -0.15) is 0 Å². The van der Waals surface area contributed by atoms with E-state index in [2.05, 4.69) is 15.3 Å². The summed E-state index contributed by atoms with van der Waals surface area (Å²) in [5.41, 5.74) is 3.17. The molecule has 1 atom stereocenters. The van der Waals surface area contributed by atoms with Crippen LogP contribution in [-0.4, -0.2) is 27.0 Å². The molecule has 0 fully saturated rings. The summed E-state index contributed by atoms with van der Waals surface area (Å²) in [6.07, 6.45) is 2.71. The van der Waals surface area contributed by atoms with Gasteiger partial charge in [0, 0.05) is 6.20 Å². The van der Waals surface area contributed by atoms with Gasteiger partial charge in [0.05, 0.1) is 11.3 Å². The quantitative estimate of drug-likeness (QED) is 0.900. The molecule has 0 saturated heterocycles. The predicted molar refractivity (Wildman–Crippen MR) is 80.5 cm³/mol. The number of carbonyl (C=O) groups excluding carboxylic acids is 1. The average Bonchev–Trinajstić information content (AvgIpc) is 2.43. The standard InChI is InChI=1S/C16H17N3O3/c1-9-4-10(2)6-12(5-9)14(16(21)22)19-15(20)13-7-17-8-18-11(13)3/h4-8,14H,1-3H3,(H,19,20)(H,21,22). The van der Waals surface area contributed by atoms with Crippen molar-refractivity contribution in [2.24, 2.45) is 0 Å². The number of hydrogen-bond acceptors (Lipinski definition) is 4. The van der Waals surface area contributed by atoms with Crippen LogP contribution in [0.5, 0.6) is 0 Å². The van der Waals surface area contributed by atoms with Crippen LogP contribution in [0.15, 0.2) is 30.7 Å². The van der Waals surface area contributed by atoms with E-state index >= 15 is 0 Å². The number of benzene rings is 1. The number of hydrogen-bond donors (Lipinski definition) is 2. The topological polar surface area (TPSA) is 92.2 Å².